The molecular formula is C24H24N2O2. The van der Waals surface area contributed by atoms with Gasteiger partial charge in [0.25, 0.3) is 0 Å². The highest BCUT2D eigenvalue weighted by molar-refractivity contribution is 5.95. The zero-order chi connectivity index (χ0) is 19.6. The summed E-state index contributed by atoms with van der Waals surface area (Å²) in [5, 5.41) is 19.8. The Kier molecular flexibility index (Phi) is 7.17. The molecule has 0 heterocycles. The van der Waals surface area contributed by atoms with Gasteiger partial charge >= 0.3 is 0 Å². The fourth-order valence-corrected chi connectivity index (χ4v) is 2.97. The second-order valence-corrected chi connectivity index (χ2v) is 6.51. The van der Waals surface area contributed by atoms with Crippen LogP contribution >= 0.6 is 0 Å². The van der Waals surface area contributed by atoms with E-state index in [1.54, 1.807) is 0 Å². The number of ether oxygens (including phenoxy) is 1. The Bertz CT molecular complexity index is 989. The van der Waals surface area contributed by atoms with E-state index < -0.39 is 0 Å². The van der Waals surface area contributed by atoms with Crippen LogP contribution in [-0.4, -0.2) is 18.3 Å². The fraction of sp³-hybridized carbons (Fsp3) is 0.250. The summed E-state index contributed by atoms with van der Waals surface area (Å²) in [6.07, 6.45) is 9.29. The van der Waals surface area contributed by atoms with Gasteiger partial charge in [-0.1, -0.05) is 48.7 Å². The second kappa shape index (κ2) is 10.2. The van der Waals surface area contributed by atoms with Gasteiger partial charge in [-0.05, 0) is 48.9 Å². The first-order chi connectivity index (χ1) is 13.8. The minimum atomic E-state index is 0.247. The van der Waals surface area contributed by atoms with Gasteiger partial charge in [0, 0.05) is 17.6 Å². The molecule has 28 heavy (non-hydrogen) atoms. The van der Waals surface area contributed by atoms with Gasteiger partial charge in [0.2, 0.25) is 0 Å². The molecule has 3 aromatic carbocycles. The number of unbranched alkanes of at least 4 members (excludes halogenated alkanes) is 3. The molecule has 0 aliphatic heterocycles. The highest BCUT2D eigenvalue weighted by Gasteiger charge is 2.09. The number of nitrogens with zero attached hydrogens (tertiary/aromatic N) is 2. The summed E-state index contributed by atoms with van der Waals surface area (Å²) in [6.45, 7) is 0.857. The number of terminal acetylenes is 1. The molecule has 1 N–H and O–H groups in total. The van der Waals surface area contributed by atoms with E-state index in [1.807, 2.05) is 60.7 Å². The average molecular weight is 372 g/mol. The third-order valence-electron chi connectivity index (χ3n) is 4.45. The van der Waals surface area contributed by atoms with Crippen LogP contribution in [-0.2, 0) is 0 Å². The third kappa shape index (κ3) is 5.18. The maximum atomic E-state index is 8.86. The number of azo groups is 1. The lowest BCUT2D eigenvalue weighted by atomic mass is 10.1. The highest BCUT2D eigenvalue weighted by atomic mass is 16.5. The molecule has 4 heteroatoms. The van der Waals surface area contributed by atoms with Crippen LogP contribution in [0.5, 0.6) is 5.75 Å². The standard InChI is InChI=1S/C24H24N2O2/c1-2-19-10-9-12-21(18-19)25-26-24-22-13-6-5-11-20(22)14-15-23(24)28-17-8-4-3-7-16-27/h1,5-6,9-15,18,27H,3-4,7-8,16-17H2. The van der Waals surface area contributed by atoms with Crippen LogP contribution in [0, 0.1) is 12.3 Å². The first kappa shape index (κ1) is 19.6. The molecule has 142 valence electrons. The molecule has 0 aliphatic rings. The van der Waals surface area contributed by atoms with Gasteiger partial charge in [0.1, 0.15) is 11.4 Å². The lowest BCUT2D eigenvalue weighted by Gasteiger charge is -2.11. The first-order valence-corrected chi connectivity index (χ1v) is 9.55. The number of aliphatic hydroxyl groups excluding tert-OH is 1. The van der Waals surface area contributed by atoms with Crippen molar-refractivity contribution in [2.24, 2.45) is 10.2 Å². The maximum absolute atomic E-state index is 8.86. The molecule has 0 amide bonds. The van der Waals surface area contributed by atoms with Crippen LogP contribution in [0.2, 0.25) is 0 Å². The molecule has 0 spiro atoms. The molecule has 0 aromatic heterocycles. The van der Waals surface area contributed by atoms with E-state index >= 15 is 0 Å². The topological polar surface area (TPSA) is 54.2 Å². The molecule has 0 saturated carbocycles. The number of aliphatic hydroxyl groups is 1. The van der Waals surface area contributed by atoms with Crippen molar-refractivity contribution >= 4 is 22.1 Å². The van der Waals surface area contributed by atoms with Crippen molar-refractivity contribution in [2.75, 3.05) is 13.2 Å². The van der Waals surface area contributed by atoms with E-state index in [-0.39, 0.29) is 6.61 Å². The third-order valence-corrected chi connectivity index (χ3v) is 4.45. The normalized spacial score (nSPS) is 11.0. The van der Waals surface area contributed by atoms with E-state index in [9.17, 15) is 0 Å². The minimum Gasteiger partial charge on any atom is -0.491 e. The summed E-state index contributed by atoms with van der Waals surface area (Å²) >= 11 is 0. The molecule has 3 rings (SSSR count). The SMILES string of the molecule is C#Cc1cccc(N=Nc2c(OCCCCCCO)ccc3ccccc23)c1. The molecule has 0 fully saturated rings. The number of hydrogen-bond acceptors (Lipinski definition) is 4. The van der Waals surface area contributed by atoms with E-state index in [0.717, 1.165) is 53.5 Å². The van der Waals surface area contributed by atoms with Gasteiger partial charge in [-0.3, -0.25) is 0 Å². The Morgan fingerprint density at radius 2 is 1.75 bits per heavy atom. The zero-order valence-electron chi connectivity index (χ0n) is 15.8. The van der Waals surface area contributed by atoms with E-state index in [2.05, 4.69) is 16.1 Å². The van der Waals surface area contributed by atoms with Crippen molar-refractivity contribution in [3.8, 4) is 18.1 Å². The van der Waals surface area contributed by atoms with Crippen LogP contribution in [0.3, 0.4) is 0 Å². The van der Waals surface area contributed by atoms with Crippen molar-refractivity contribution < 1.29 is 9.84 Å². The molecule has 0 unspecified atom stereocenters. The van der Waals surface area contributed by atoms with E-state index in [4.69, 9.17) is 16.3 Å². The number of fused-ring (bicyclic) bond motifs is 1. The zero-order valence-corrected chi connectivity index (χ0v) is 15.8. The van der Waals surface area contributed by atoms with Crippen LogP contribution < -0.4 is 4.74 Å². The van der Waals surface area contributed by atoms with Crippen LogP contribution in [0.15, 0.2) is 70.9 Å². The Balaban J connectivity index is 1.83. The molecule has 0 radical (unpaired) electrons. The summed E-state index contributed by atoms with van der Waals surface area (Å²) in [7, 11) is 0. The smallest absolute Gasteiger partial charge is 0.147 e. The summed E-state index contributed by atoms with van der Waals surface area (Å²) < 4.78 is 6.01. The minimum absolute atomic E-state index is 0.247. The van der Waals surface area contributed by atoms with E-state index in [0.29, 0.717) is 12.3 Å². The largest absolute Gasteiger partial charge is 0.491 e. The van der Waals surface area contributed by atoms with Gasteiger partial charge in [0.05, 0.1) is 12.3 Å². The first-order valence-electron chi connectivity index (χ1n) is 9.55. The Labute approximate surface area is 165 Å². The lowest BCUT2D eigenvalue weighted by molar-refractivity contribution is 0.274. The van der Waals surface area contributed by atoms with Gasteiger partial charge < -0.3 is 9.84 Å². The van der Waals surface area contributed by atoms with Gasteiger partial charge in [-0.2, -0.15) is 5.11 Å². The Hall–Kier alpha value is -3.16. The molecule has 0 aliphatic carbocycles. The lowest BCUT2D eigenvalue weighted by Crippen LogP contribution is -1.98. The number of rotatable bonds is 9. The van der Waals surface area contributed by atoms with Crippen molar-refractivity contribution in [3.05, 3.63) is 66.2 Å². The molecule has 3 aromatic rings. The van der Waals surface area contributed by atoms with Gasteiger partial charge in [-0.15, -0.1) is 11.5 Å². The van der Waals surface area contributed by atoms with Crippen molar-refractivity contribution in [1.29, 1.82) is 0 Å². The van der Waals surface area contributed by atoms with Crippen molar-refractivity contribution in [3.63, 3.8) is 0 Å². The predicted molar refractivity (Wildman–Crippen MR) is 114 cm³/mol. The van der Waals surface area contributed by atoms with Crippen molar-refractivity contribution in [1.82, 2.24) is 0 Å². The average Bonchev–Trinajstić information content (AvgIpc) is 2.75. The molecular weight excluding hydrogens is 348 g/mol. The Morgan fingerprint density at radius 3 is 2.61 bits per heavy atom. The number of hydrogen-bond donors (Lipinski definition) is 1. The molecule has 0 saturated heterocycles. The Morgan fingerprint density at radius 1 is 0.893 bits per heavy atom. The summed E-state index contributed by atoms with van der Waals surface area (Å²) in [4.78, 5) is 0. The van der Waals surface area contributed by atoms with Crippen molar-refractivity contribution in [2.45, 2.75) is 25.7 Å². The monoisotopic (exact) mass is 372 g/mol. The molecule has 0 bridgehead atoms. The van der Waals surface area contributed by atoms with Gasteiger partial charge in [0.15, 0.2) is 0 Å². The predicted octanol–water partition coefficient (Wildman–Crippen LogP) is 6.17. The van der Waals surface area contributed by atoms with Crippen LogP contribution in [0.25, 0.3) is 10.8 Å². The van der Waals surface area contributed by atoms with Crippen LogP contribution in [0.1, 0.15) is 31.2 Å². The summed E-state index contributed by atoms with van der Waals surface area (Å²) in [5.41, 5.74) is 2.20. The summed E-state index contributed by atoms with van der Waals surface area (Å²) in [6, 6.07) is 19.5. The second-order valence-electron chi connectivity index (χ2n) is 6.51. The van der Waals surface area contributed by atoms with E-state index in [1.165, 1.54) is 0 Å². The number of benzene rings is 3. The molecule has 4 nitrogen and oxygen atoms in total. The highest BCUT2D eigenvalue weighted by Crippen LogP contribution is 2.37. The quantitative estimate of drug-likeness (QED) is 0.277. The molecule has 0 atom stereocenters. The summed E-state index contributed by atoms with van der Waals surface area (Å²) in [5.74, 6) is 3.33. The fourth-order valence-electron chi connectivity index (χ4n) is 2.97. The van der Waals surface area contributed by atoms with Gasteiger partial charge in [-0.25, -0.2) is 0 Å². The van der Waals surface area contributed by atoms with Crippen LogP contribution in [0.4, 0.5) is 11.4 Å². The maximum Gasteiger partial charge on any atom is 0.147 e.